The Morgan fingerprint density at radius 3 is 2.25 bits per heavy atom. The molecular weight excluding hydrogens is 474 g/mol. The average Bonchev–Trinajstić information content (AvgIpc) is 3.35. The third-order valence-electron chi connectivity index (χ3n) is 6.76. The van der Waals surface area contributed by atoms with Gasteiger partial charge in [-0.1, -0.05) is 67.8 Å². The molecule has 0 aliphatic heterocycles. The van der Waals surface area contributed by atoms with Gasteiger partial charge in [-0.25, -0.2) is 8.42 Å². The Morgan fingerprint density at radius 2 is 1.67 bits per heavy atom. The van der Waals surface area contributed by atoms with E-state index in [2.05, 4.69) is 5.32 Å². The van der Waals surface area contributed by atoms with Crippen LogP contribution in [0.3, 0.4) is 0 Å². The molecule has 0 heterocycles. The molecule has 2 aromatic carbocycles. The maximum absolute atomic E-state index is 13.5. The van der Waals surface area contributed by atoms with Crippen molar-refractivity contribution in [1.82, 2.24) is 10.2 Å². The van der Waals surface area contributed by atoms with Crippen molar-refractivity contribution in [1.29, 1.82) is 0 Å². The summed E-state index contributed by atoms with van der Waals surface area (Å²) in [6.45, 7) is 4.40. The van der Waals surface area contributed by atoms with Crippen LogP contribution in [0.2, 0.25) is 0 Å². The second-order valence-corrected chi connectivity index (χ2v) is 11.6. The Kier molecular flexibility index (Phi) is 9.93. The summed E-state index contributed by atoms with van der Waals surface area (Å²) in [7, 11) is -3.50. The van der Waals surface area contributed by atoms with Crippen LogP contribution in [0, 0.1) is 6.92 Å². The molecule has 196 valence electrons. The SMILES string of the molecule is CC[C@H](C(=O)NC1CCCC1)N(Cc1ccccc1)C(=O)CCCN(c1ccc(C)cc1)S(C)(=O)=O. The zero-order chi connectivity index (χ0) is 26.1. The van der Waals surface area contributed by atoms with Crippen LogP contribution in [0.5, 0.6) is 0 Å². The van der Waals surface area contributed by atoms with Crippen LogP contribution < -0.4 is 9.62 Å². The van der Waals surface area contributed by atoms with Crippen LogP contribution in [-0.2, 0) is 26.2 Å². The first-order valence-corrected chi connectivity index (χ1v) is 14.7. The first-order chi connectivity index (χ1) is 17.2. The smallest absolute Gasteiger partial charge is 0.243 e. The van der Waals surface area contributed by atoms with Gasteiger partial charge in [-0.3, -0.25) is 13.9 Å². The Bertz CT molecular complexity index is 1100. The number of nitrogens with zero attached hydrogens (tertiary/aromatic N) is 2. The summed E-state index contributed by atoms with van der Waals surface area (Å²) in [5, 5.41) is 3.15. The molecule has 1 atom stereocenters. The zero-order valence-electron chi connectivity index (χ0n) is 21.7. The van der Waals surface area contributed by atoms with Gasteiger partial charge >= 0.3 is 0 Å². The lowest BCUT2D eigenvalue weighted by atomic mass is 10.1. The standard InChI is InChI=1S/C28H39N3O4S/c1-4-26(28(33)29-24-13-8-9-14-24)30(21-23-11-6-5-7-12-23)27(32)15-10-20-31(36(3,34)35)25-18-16-22(2)17-19-25/h5-7,11-12,16-19,24,26H,4,8-10,13-15,20-21H2,1-3H3,(H,29,33)/t26-/m1/s1. The van der Waals surface area contributed by atoms with Crippen molar-refractivity contribution in [2.24, 2.45) is 0 Å². The minimum atomic E-state index is -3.50. The first-order valence-electron chi connectivity index (χ1n) is 12.9. The number of rotatable bonds is 12. The molecule has 2 aromatic rings. The number of carbonyl (C=O) groups excluding carboxylic acids is 2. The van der Waals surface area contributed by atoms with Crippen LogP contribution in [0.25, 0.3) is 0 Å². The minimum absolute atomic E-state index is 0.105. The average molecular weight is 514 g/mol. The molecule has 1 aliphatic rings. The molecule has 7 nitrogen and oxygen atoms in total. The van der Waals surface area contributed by atoms with Crippen molar-refractivity contribution in [3.8, 4) is 0 Å². The van der Waals surface area contributed by atoms with Gasteiger partial charge in [-0.15, -0.1) is 0 Å². The van der Waals surface area contributed by atoms with E-state index in [1.165, 1.54) is 10.6 Å². The van der Waals surface area contributed by atoms with E-state index in [-0.39, 0.29) is 30.8 Å². The highest BCUT2D eigenvalue weighted by molar-refractivity contribution is 7.92. The van der Waals surface area contributed by atoms with Gasteiger partial charge < -0.3 is 10.2 Å². The van der Waals surface area contributed by atoms with Crippen LogP contribution in [0.4, 0.5) is 5.69 Å². The first kappa shape index (κ1) is 27.7. The van der Waals surface area contributed by atoms with Crippen LogP contribution in [0.15, 0.2) is 54.6 Å². The lowest BCUT2D eigenvalue weighted by Gasteiger charge is -2.32. The second kappa shape index (κ2) is 12.9. The molecule has 0 aromatic heterocycles. The van der Waals surface area contributed by atoms with Crippen molar-refractivity contribution < 1.29 is 18.0 Å². The van der Waals surface area contributed by atoms with Crippen LogP contribution >= 0.6 is 0 Å². The highest BCUT2D eigenvalue weighted by Crippen LogP contribution is 2.21. The number of amides is 2. The predicted octanol–water partition coefficient (Wildman–Crippen LogP) is 4.41. The van der Waals surface area contributed by atoms with Gasteiger partial charge in [0.1, 0.15) is 6.04 Å². The van der Waals surface area contributed by atoms with E-state index in [1.54, 1.807) is 17.0 Å². The molecular formula is C28H39N3O4S. The van der Waals surface area contributed by atoms with E-state index in [0.717, 1.165) is 36.8 Å². The molecule has 1 fully saturated rings. The highest BCUT2D eigenvalue weighted by atomic mass is 32.2. The number of aryl methyl sites for hydroxylation is 1. The molecule has 0 bridgehead atoms. The van der Waals surface area contributed by atoms with Gasteiger partial charge in [-0.2, -0.15) is 0 Å². The molecule has 0 radical (unpaired) electrons. The highest BCUT2D eigenvalue weighted by Gasteiger charge is 2.30. The third-order valence-corrected chi connectivity index (χ3v) is 7.95. The van der Waals surface area contributed by atoms with Gasteiger partial charge in [0.25, 0.3) is 0 Å². The topological polar surface area (TPSA) is 86.8 Å². The summed E-state index contributed by atoms with van der Waals surface area (Å²) >= 11 is 0. The van der Waals surface area contributed by atoms with Crippen molar-refractivity contribution in [2.45, 2.75) is 77.4 Å². The quantitative estimate of drug-likeness (QED) is 0.456. The van der Waals surface area contributed by atoms with E-state index in [4.69, 9.17) is 0 Å². The summed E-state index contributed by atoms with van der Waals surface area (Å²) in [6.07, 6.45) is 6.39. The molecule has 1 N–H and O–H groups in total. The summed E-state index contributed by atoms with van der Waals surface area (Å²) in [5.41, 5.74) is 2.58. The molecule has 1 saturated carbocycles. The lowest BCUT2D eigenvalue weighted by molar-refractivity contribution is -0.141. The molecule has 0 unspecified atom stereocenters. The predicted molar refractivity (Wildman–Crippen MR) is 144 cm³/mol. The number of benzene rings is 2. The lowest BCUT2D eigenvalue weighted by Crippen LogP contribution is -2.51. The van der Waals surface area contributed by atoms with E-state index in [1.807, 2.05) is 56.3 Å². The summed E-state index contributed by atoms with van der Waals surface area (Å²) in [4.78, 5) is 28.3. The zero-order valence-corrected chi connectivity index (χ0v) is 22.5. The number of hydrogen-bond donors (Lipinski definition) is 1. The number of hydrogen-bond acceptors (Lipinski definition) is 4. The Hall–Kier alpha value is -2.87. The summed E-state index contributed by atoms with van der Waals surface area (Å²) in [5.74, 6) is -0.254. The molecule has 36 heavy (non-hydrogen) atoms. The van der Waals surface area contributed by atoms with Gasteiger partial charge in [0, 0.05) is 25.6 Å². The van der Waals surface area contributed by atoms with Gasteiger partial charge in [-0.05, 0) is 50.3 Å². The Morgan fingerprint density at radius 1 is 1.03 bits per heavy atom. The number of sulfonamides is 1. The fraction of sp³-hybridized carbons (Fsp3) is 0.500. The molecule has 8 heteroatoms. The van der Waals surface area contributed by atoms with Crippen LogP contribution in [-0.4, -0.2) is 50.0 Å². The molecule has 3 rings (SSSR count). The monoisotopic (exact) mass is 513 g/mol. The Balaban J connectivity index is 1.72. The fourth-order valence-corrected chi connectivity index (χ4v) is 5.75. The maximum atomic E-state index is 13.5. The molecule has 0 saturated heterocycles. The van der Waals surface area contributed by atoms with Crippen LogP contribution in [0.1, 0.15) is 63.0 Å². The van der Waals surface area contributed by atoms with Gasteiger partial charge in [0.15, 0.2) is 0 Å². The maximum Gasteiger partial charge on any atom is 0.243 e. The largest absolute Gasteiger partial charge is 0.352 e. The number of anilines is 1. The molecule has 2 amide bonds. The molecule has 0 spiro atoms. The van der Waals surface area contributed by atoms with Crippen molar-refractivity contribution in [3.63, 3.8) is 0 Å². The van der Waals surface area contributed by atoms with E-state index in [9.17, 15) is 18.0 Å². The van der Waals surface area contributed by atoms with Crippen molar-refractivity contribution in [2.75, 3.05) is 17.1 Å². The number of nitrogens with one attached hydrogen (secondary N) is 1. The van der Waals surface area contributed by atoms with Gasteiger partial charge in [0.05, 0.1) is 11.9 Å². The molecule has 1 aliphatic carbocycles. The number of carbonyl (C=O) groups is 2. The minimum Gasteiger partial charge on any atom is -0.352 e. The fourth-order valence-electron chi connectivity index (χ4n) is 4.78. The Labute approximate surface area is 215 Å². The van der Waals surface area contributed by atoms with Crippen molar-refractivity contribution in [3.05, 3.63) is 65.7 Å². The van der Waals surface area contributed by atoms with E-state index < -0.39 is 16.1 Å². The van der Waals surface area contributed by atoms with E-state index >= 15 is 0 Å². The van der Waals surface area contributed by atoms with E-state index in [0.29, 0.717) is 25.1 Å². The summed E-state index contributed by atoms with van der Waals surface area (Å²) in [6, 6.07) is 16.6. The second-order valence-electron chi connectivity index (χ2n) is 9.70. The van der Waals surface area contributed by atoms with Gasteiger partial charge in [0.2, 0.25) is 21.8 Å². The summed E-state index contributed by atoms with van der Waals surface area (Å²) < 4.78 is 26.2. The normalized spacial score (nSPS) is 14.9. The third kappa shape index (κ3) is 7.82. The van der Waals surface area contributed by atoms with Crippen molar-refractivity contribution >= 4 is 27.5 Å².